The standard InChI is InChI=1S/C42H52F2N6O9S/c1-25(2)58-35-21-34(28-12-13-29(44)37(57-4)36(28)46-35)59-27-20-32-33(51)23-42(40(54)48-60(55,56)41(3)15-16-41)22-26(42)10-8-6-5-7-9-11-31(39(53)50(32)24-27)45-38(52)30-14-18-49(47-30)19-17-43/h8,10,12-14,18,21,25-27,31-32H,5-7,9,11,15-17,19-20,22-24H2,1-4H3,(H,45,52)(H,48,54)/b10-8-/t26-,27-,31+,32+,42-/m1/s1. The summed E-state index contributed by atoms with van der Waals surface area (Å²) in [7, 11) is -2.70. The van der Waals surface area contributed by atoms with Gasteiger partial charge in [0.1, 0.15) is 35.8 Å². The van der Waals surface area contributed by atoms with Crippen LogP contribution in [-0.2, 0) is 31.0 Å². The van der Waals surface area contributed by atoms with Crippen molar-refractivity contribution in [2.45, 2.75) is 121 Å². The number of rotatable bonds is 12. The van der Waals surface area contributed by atoms with E-state index < -0.39 is 80.3 Å². The van der Waals surface area contributed by atoms with Crippen LogP contribution in [0, 0.1) is 17.2 Å². The third-order valence-electron chi connectivity index (χ3n) is 12.0. The average molecular weight is 855 g/mol. The molecule has 0 bridgehead atoms. The van der Waals surface area contributed by atoms with Crippen LogP contribution in [0.25, 0.3) is 10.9 Å². The molecule has 3 fully saturated rings. The monoisotopic (exact) mass is 854 g/mol. The van der Waals surface area contributed by atoms with E-state index in [9.17, 15) is 36.4 Å². The molecule has 1 saturated heterocycles. The van der Waals surface area contributed by atoms with Gasteiger partial charge < -0.3 is 24.4 Å². The van der Waals surface area contributed by atoms with Crippen LogP contribution in [-0.4, -0.2) is 101 Å². The number of ketones is 1. The van der Waals surface area contributed by atoms with Gasteiger partial charge in [0, 0.05) is 30.5 Å². The lowest BCUT2D eigenvalue weighted by Gasteiger charge is -2.29. The summed E-state index contributed by atoms with van der Waals surface area (Å²) >= 11 is 0. The summed E-state index contributed by atoms with van der Waals surface area (Å²) in [5, 5.41) is 7.34. The third-order valence-corrected chi connectivity index (χ3v) is 14.2. The number of amides is 3. The molecule has 324 valence electrons. The molecule has 2 aliphatic heterocycles. The normalized spacial score (nSPS) is 26.0. The Hall–Kier alpha value is -5.13. The predicted octanol–water partition coefficient (Wildman–Crippen LogP) is 4.97. The minimum absolute atomic E-state index is 0.00822. The molecule has 4 aliphatic rings. The number of nitrogens with one attached hydrogen (secondary N) is 2. The zero-order valence-corrected chi connectivity index (χ0v) is 35.1. The quantitative estimate of drug-likeness (QED) is 0.234. The average Bonchev–Trinajstić information content (AvgIpc) is 3.98. The summed E-state index contributed by atoms with van der Waals surface area (Å²) in [6.07, 6.45) is 7.81. The second-order valence-electron chi connectivity index (χ2n) is 16.8. The number of fused-ring (bicyclic) bond motifs is 3. The summed E-state index contributed by atoms with van der Waals surface area (Å²) < 4.78 is 74.8. The zero-order valence-electron chi connectivity index (χ0n) is 34.2. The topological polar surface area (TPSA) is 188 Å². The number of methoxy groups -OCH3 is 1. The molecular weight excluding hydrogens is 803 g/mol. The number of halogens is 2. The van der Waals surface area contributed by atoms with Gasteiger partial charge in [0.15, 0.2) is 17.3 Å². The van der Waals surface area contributed by atoms with E-state index >= 15 is 0 Å². The van der Waals surface area contributed by atoms with Crippen LogP contribution in [0.15, 0.2) is 42.6 Å². The number of allylic oxidation sites excluding steroid dienone is 2. The number of carbonyl (C=O) groups excluding carboxylic acids is 4. The van der Waals surface area contributed by atoms with Gasteiger partial charge in [-0.1, -0.05) is 25.0 Å². The third kappa shape index (κ3) is 8.84. The Labute approximate surface area is 347 Å². The van der Waals surface area contributed by atoms with Crippen LogP contribution < -0.4 is 24.2 Å². The van der Waals surface area contributed by atoms with Crippen LogP contribution in [0.5, 0.6) is 17.4 Å². The second-order valence-corrected chi connectivity index (χ2v) is 19.0. The van der Waals surface area contributed by atoms with Gasteiger partial charge >= 0.3 is 0 Å². The van der Waals surface area contributed by atoms with Crippen molar-refractivity contribution in [3.63, 3.8) is 0 Å². The largest absolute Gasteiger partial charge is 0.491 e. The maximum absolute atomic E-state index is 14.9. The molecule has 60 heavy (non-hydrogen) atoms. The van der Waals surface area contributed by atoms with Crippen molar-refractivity contribution in [3.05, 3.63) is 54.1 Å². The van der Waals surface area contributed by atoms with Crippen molar-refractivity contribution in [2.24, 2.45) is 11.3 Å². The summed E-state index contributed by atoms with van der Waals surface area (Å²) in [6, 6.07) is 3.46. The number of alkyl halides is 1. The second kappa shape index (κ2) is 17.1. The van der Waals surface area contributed by atoms with Crippen LogP contribution in [0.3, 0.4) is 0 Å². The van der Waals surface area contributed by atoms with Gasteiger partial charge in [0.25, 0.3) is 5.91 Å². The molecule has 1 aromatic carbocycles. The molecule has 3 amide bonds. The maximum Gasteiger partial charge on any atom is 0.272 e. The van der Waals surface area contributed by atoms with Crippen molar-refractivity contribution in [1.82, 2.24) is 29.7 Å². The molecule has 0 unspecified atom stereocenters. The smallest absolute Gasteiger partial charge is 0.272 e. The van der Waals surface area contributed by atoms with Crippen LogP contribution in [0.2, 0.25) is 0 Å². The van der Waals surface area contributed by atoms with Crippen LogP contribution in [0.4, 0.5) is 8.78 Å². The highest BCUT2D eigenvalue weighted by molar-refractivity contribution is 7.91. The van der Waals surface area contributed by atoms with Crippen molar-refractivity contribution in [3.8, 4) is 17.4 Å². The molecule has 0 spiro atoms. The number of aryl methyl sites for hydroxylation is 1. The molecule has 5 atom stereocenters. The highest BCUT2D eigenvalue weighted by Crippen LogP contribution is 2.57. The number of sulfonamides is 1. The van der Waals surface area contributed by atoms with Gasteiger partial charge in [-0.2, -0.15) is 5.10 Å². The lowest BCUT2D eigenvalue weighted by molar-refractivity contribution is -0.140. The summed E-state index contributed by atoms with van der Waals surface area (Å²) in [5.74, 6) is -3.22. The number of benzene rings is 1. The Kier molecular flexibility index (Phi) is 12.2. The minimum Gasteiger partial charge on any atom is -0.491 e. The van der Waals surface area contributed by atoms with Gasteiger partial charge in [-0.05, 0) is 83.4 Å². The van der Waals surface area contributed by atoms with Crippen LogP contribution in [0.1, 0.15) is 95.5 Å². The molecule has 2 aliphatic carbocycles. The number of hydrogen-bond donors (Lipinski definition) is 2. The molecule has 4 heterocycles. The molecule has 2 aromatic heterocycles. The Morgan fingerprint density at radius 1 is 1.12 bits per heavy atom. The first-order valence-corrected chi connectivity index (χ1v) is 22.0. The van der Waals surface area contributed by atoms with Gasteiger partial charge in [0.2, 0.25) is 27.7 Å². The van der Waals surface area contributed by atoms with Crippen molar-refractivity contribution in [2.75, 3.05) is 20.3 Å². The maximum atomic E-state index is 14.9. The molecule has 0 radical (unpaired) electrons. The van der Waals surface area contributed by atoms with E-state index in [2.05, 4.69) is 20.1 Å². The lowest BCUT2D eigenvalue weighted by atomic mass is 9.91. The van der Waals surface area contributed by atoms with Gasteiger partial charge in [-0.25, -0.2) is 22.2 Å². The van der Waals surface area contributed by atoms with E-state index in [0.29, 0.717) is 37.5 Å². The number of hydrogen-bond acceptors (Lipinski definition) is 11. The van der Waals surface area contributed by atoms with E-state index in [1.165, 1.54) is 41.1 Å². The summed E-state index contributed by atoms with van der Waals surface area (Å²) in [5.41, 5.74) is -1.22. The first kappa shape index (κ1) is 43.0. The number of Topliss-reactive ketones (excluding diaryl/α,β-unsaturated/α-hetero) is 1. The predicted molar refractivity (Wildman–Crippen MR) is 215 cm³/mol. The Morgan fingerprint density at radius 3 is 2.62 bits per heavy atom. The van der Waals surface area contributed by atoms with E-state index in [1.807, 2.05) is 12.2 Å². The minimum atomic E-state index is -4.01. The van der Waals surface area contributed by atoms with E-state index in [-0.39, 0.29) is 73.5 Å². The number of aromatic nitrogens is 3. The fraction of sp³-hybridized carbons (Fsp3) is 0.571. The molecule has 15 nitrogen and oxygen atoms in total. The van der Waals surface area contributed by atoms with E-state index in [1.54, 1.807) is 26.8 Å². The Balaban J connectivity index is 1.23. The molecule has 2 N–H and O–H groups in total. The van der Waals surface area contributed by atoms with Crippen molar-refractivity contribution in [1.29, 1.82) is 0 Å². The zero-order chi connectivity index (χ0) is 43.0. The molecule has 7 rings (SSSR count). The fourth-order valence-electron chi connectivity index (χ4n) is 8.18. The number of ether oxygens (including phenoxy) is 3. The number of nitrogens with zero attached hydrogens (tertiary/aromatic N) is 4. The number of pyridine rings is 1. The summed E-state index contributed by atoms with van der Waals surface area (Å²) in [4.78, 5) is 62.8. The van der Waals surface area contributed by atoms with Gasteiger partial charge in [-0.3, -0.25) is 28.6 Å². The Bertz CT molecular complexity index is 2300. The van der Waals surface area contributed by atoms with Crippen molar-refractivity contribution < 1.29 is 50.6 Å². The van der Waals surface area contributed by atoms with Gasteiger partial charge in [-0.15, -0.1) is 0 Å². The highest BCUT2D eigenvalue weighted by atomic mass is 32.2. The SMILES string of the molecule is COc1c(F)ccc2c(O[C@@H]3C[C@H]4C(=O)C[C@]5(C(=O)NS(=O)(=O)C6(C)CC6)C[C@H]5/C=C\CCCCC[C@H](NC(=O)c5ccn(CCF)n5)C(=O)N4C3)cc(OC(C)C)nc12. The molecular formula is C42H52F2N6O9S. The first-order valence-electron chi connectivity index (χ1n) is 20.6. The number of carbonyl (C=O) groups is 4. The Morgan fingerprint density at radius 2 is 1.90 bits per heavy atom. The van der Waals surface area contributed by atoms with Gasteiger partial charge in [0.05, 0.1) is 42.5 Å². The summed E-state index contributed by atoms with van der Waals surface area (Å²) in [6.45, 7) is 4.34. The van der Waals surface area contributed by atoms with Crippen LogP contribution >= 0.6 is 0 Å². The first-order chi connectivity index (χ1) is 28.6. The highest BCUT2D eigenvalue weighted by Gasteiger charge is 2.62. The fourth-order valence-corrected chi connectivity index (χ4v) is 9.51. The van der Waals surface area contributed by atoms with E-state index in [0.717, 1.165) is 6.42 Å². The molecule has 3 aromatic rings. The molecule has 18 heteroatoms. The molecule has 2 saturated carbocycles. The van der Waals surface area contributed by atoms with Crippen molar-refractivity contribution >= 4 is 44.4 Å². The van der Waals surface area contributed by atoms with E-state index in [4.69, 9.17) is 14.2 Å². The lowest BCUT2D eigenvalue weighted by Crippen LogP contribution is -2.52.